The molecule has 2 bridgehead atoms. The predicted molar refractivity (Wildman–Crippen MR) is 264 cm³/mol. The summed E-state index contributed by atoms with van der Waals surface area (Å²) < 4.78 is 2.53. The molecule has 2 nitrogen and oxygen atoms in total. The highest BCUT2D eigenvalue weighted by molar-refractivity contribution is 6.21. The minimum atomic E-state index is 0.113. The molecule has 2 saturated carbocycles. The molecule has 1 aliphatic heterocycles. The highest BCUT2D eigenvalue weighted by atomic mass is 15.0. The molecular formula is C61H54N2. The fourth-order valence-electron chi connectivity index (χ4n) is 13.0. The first kappa shape index (κ1) is 37.3. The molecule has 7 aliphatic carbocycles. The number of para-hydroxylation sites is 1. The van der Waals surface area contributed by atoms with E-state index in [1.165, 1.54) is 67.1 Å². The summed E-state index contributed by atoms with van der Waals surface area (Å²) in [5, 5.41) is 5.29. The van der Waals surface area contributed by atoms with Gasteiger partial charge < -0.3 is 4.57 Å². The Morgan fingerprint density at radius 2 is 1.52 bits per heavy atom. The van der Waals surface area contributed by atoms with Gasteiger partial charge in [0.1, 0.15) is 0 Å². The van der Waals surface area contributed by atoms with Crippen LogP contribution in [0.3, 0.4) is 0 Å². The van der Waals surface area contributed by atoms with Gasteiger partial charge in [0.15, 0.2) is 0 Å². The lowest BCUT2D eigenvalue weighted by atomic mass is 9.72. The van der Waals surface area contributed by atoms with Gasteiger partial charge in [0.05, 0.1) is 17.1 Å². The van der Waals surface area contributed by atoms with E-state index in [1.807, 2.05) is 0 Å². The maximum Gasteiger partial charge on any atom is 0.0808 e. The van der Waals surface area contributed by atoms with E-state index < -0.39 is 0 Å². The Bertz CT molecular complexity index is 3120. The van der Waals surface area contributed by atoms with Crippen molar-refractivity contribution in [3.63, 3.8) is 0 Å². The third-order valence-electron chi connectivity index (χ3n) is 16.3. The van der Waals surface area contributed by atoms with Crippen LogP contribution in [0.1, 0.15) is 51.0 Å². The molecule has 9 unspecified atom stereocenters. The number of nitrogens with zero attached hydrogens (tertiary/aromatic N) is 2. The Kier molecular flexibility index (Phi) is 8.69. The molecule has 0 radical (unpaired) electrons. The summed E-state index contributed by atoms with van der Waals surface area (Å²) in [6.45, 7) is 2.51. The molecule has 2 heteroatoms. The summed E-state index contributed by atoms with van der Waals surface area (Å²) in [5.41, 5.74) is 14.4. The molecule has 0 saturated heterocycles. The van der Waals surface area contributed by atoms with E-state index in [2.05, 4.69) is 200 Å². The topological polar surface area (TPSA) is 17.3 Å². The van der Waals surface area contributed by atoms with Crippen molar-refractivity contribution in [2.75, 3.05) is 0 Å². The number of aliphatic imine (C=N–C) groups is 1. The second kappa shape index (κ2) is 14.7. The Balaban J connectivity index is 0.880. The molecule has 4 aromatic carbocycles. The number of aromatic nitrogens is 1. The summed E-state index contributed by atoms with van der Waals surface area (Å²) in [5.74, 6) is 2.90. The lowest BCUT2D eigenvalue weighted by Gasteiger charge is -2.33. The average Bonchev–Trinajstić information content (AvgIpc) is 4.10. The largest absolute Gasteiger partial charge is 0.310 e. The van der Waals surface area contributed by atoms with E-state index in [9.17, 15) is 0 Å². The summed E-state index contributed by atoms with van der Waals surface area (Å²) >= 11 is 0. The van der Waals surface area contributed by atoms with Crippen LogP contribution in [0, 0.1) is 41.4 Å². The zero-order chi connectivity index (χ0) is 41.6. The van der Waals surface area contributed by atoms with Crippen LogP contribution < -0.4 is 0 Å². The summed E-state index contributed by atoms with van der Waals surface area (Å²) in [6.07, 6.45) is 46.0. The fraction of sp³-hybridized carbons (Fsp3) is 0.262. The van der Waals surface area contributed by atoms with Crippen molar-refractivity contribution in [1.29, 1.82) is 0 Å². The van der Waals surface area contributed by atoms with Crippen molar-refractivity contribution in [2.24, 2.45) is 46.4 Å². The zero-order valence-corrected chi connectivity index (χ0v) is 36.2. The summed E-state index contributed by atoms with van der Waals surface area (Å²) in [4.78, 5) is 5.83. The third kappa shape index (κ3) is 6.08. The highest BCUT2D eigenvalue weighted by Crippen LogP contribution is 2.59. The van der Waals surface area contributed by atoms with Crippen LogP contribution in [-0.4, -0.2) is 16.3 Å². The number of rotatable bonds is 5. The molecule has 0 N–H and O–H groups in total. The van der Waals surface area contributed by atoms with Gasteiger partial charge in [0, 0.05) is 57.7 Å². The van der Waals surface area contributed by atoms with Gasteiger partial charge >= 0.3 is 0 Å². The SMILES string of the molecule is CC1C(C2CC3=CC4=CC(n5c6ccccc6c6c7ccccc7ccc65)=CCC4C=C3C3C=CC=CC2C3)=CCC(C2C=CC=CC2)=NC1C1=CC2CC2(c2ccccc2)C=C1. The smallest absolute Gasteiger partial charge is 0.0808 e. The molecule has 5 aromatic rings. The molecule has 63 heavy (non-hydrogen) atoms. The molecule has 2 fully saturated rings. The van der Waals surface area contributed by atoms with E-state index in [4.69, 9.17) is 4.99 Å². The normalized spacial score (nSPS) is 31.6. The van der Waals surface area contributed by atoms with Crippen LogP contribution in [0.25, 0.3) is 38.3 Å². The van der Waals surface area contributed by atoms with E-state index in [0.29, 0.717) is 41.4 Å². The van der Waals surface area contributed by atoms with Gasteiger partial charge in [0.25, 0.3) is 0 Å². The Hall–Kier alpha value is -6.25. The van der Waals surface area contributed by atoms with Crippen LogP contribution in [0.4, 0.5) is 0 Å². The lowest BCUT2D eigenvalue weighted by molar-refractivity contribution is 0.380. The van der Waals surface area contributed by atoms with Gasteiger partial charge in [0.2, 0.25) is 0 Å². The van der Waals surface area contributed by atoms with Crippen molar-refractivity contribution in [3.05, 3.63) is 222 Å². The Labute approximate surface area is 371 Å². The number of fused-ring (bicyclic) bond motifs is 11. The molecule has 8 aliphatic rings. The first-order valence-electron chi connectivity index (χ1n) is 23.8. The minimum Gasteiger partial charge on any atom is -0.310 e. The van der Waals surface area contributed by atoms with Crippen molar-refractivity contribution in [3.8, 4) is 0 Å². The van der Waals surface area contributed by atoms with Gasteiger partial charge in [-0.2, -0.15) is 0 Å². The maximum absolute atomic E-state index is 5.83. The van der Waals surface area contributed by atoms with Crippen LogP contribution in [0.2, 0.25) is 0 Å². The van der Waals surface area contributed by atoms with E-state index in [0.717, 1.165) is 32.1 Å². The van der Waals surface area contributed by atoms with Gasteiger partial charge in [-0.15, -0.1) is 0 Å². The average molecular weight is 815 g/mol. The summed E-state index contributed by atoms with van der Waals surface area (Å²) in [7, 11) is 0. The monoisotopic (exact) mass is 814 g/mol. The Morgan fingerprint density at radius 3 is 2.41 bits per heavy atom. The van der Waals surface area contributed by atoms with E-state index in [-0.39, 0.29) is 11.5 Å². The lowest BCUT2D eigenvalue weighted by Crippen LogP contribution is -2.28. The van der Waals surface area contributed by atoms with Gasteiger partial charge in [-0.1, -0.05) is 182 Å². The van der Waals surface area contributed by atoms with Crippen molar-refractivity contribution < 1.29 is 0 Å². The second-order valence-electron chi connectivity index (χ2n) is 19.7. The zero-order valence-electron chi connectivity index (χ0n) is 36.2. The highest BCUT2D eigenvalue weighted by Gasteiger charge is 2.54. The molecule has 308 valence electrons. The van der Waals surface area contributed by atoms with Gasteiger partial charge in [-0.3, -0.25) is 4.99 Å². The number of hydrogen-bond acceptors (Lipinski definition) is 1. The number of benzene rings is 4. The first-order valence-corrected chi connectivity index (χ1v) is 23.8. The maximum atomic E-state index is 5.83. The first-order chi connectivity index (χ1) is 31.1. The van der Waals surface area contributed by atoms with Crippen molar-refractivity contribution in [1.82, 2.24) is 4.57 Å². The molecule has 2 heterocycles. The Morgan fingerprint density at radius 1 is 0.698 bits per heavy atom. The predicted octanol–water partition coefficient (Wildman–Crippen LogP) is 14.7. The van der Waals surface area contributed by atoms with E-state index in [1.54, 1.807) is 16.7 Å². The van der Waals surface area contributed by atoms with Crippen LogP contribution in [-0.2, 0) is 5.41 Å². The third-order valence-corrected chi connectivity index (χ3v) is 16.3. The number of allylic oxidation sites excluding steroid dienone is 19. The van der Waals surface area contributed by atoms with E-state index >= 15 is 0 Å². The fourth-order valence-corrected chi connectivity index (χ4v) is 13.0. The standard InChI is InChI=1S/C61H54N2/c1-39-51(27-28-56(41-15-4-2-5-16-41)62-60(39)45-30-31-61(38-49(61)34-45)48-19-6-3-7-20-48)55-37-47-33-46-35-50(26-24-42(46)36-54(47)43-17-8-9-18-44(55)32-43)63-57-23-13-12-22-53(57)59-52-21-11-10-14-40(52)25-29-58(59)63/h2-15,17-23,25-27,29-31,33-36,39,41-44,49,55,60H,16,24,28,32,37-38H2,1H3. The molecule has 1 aromatic heterocycles. The summed E-state index contributed by atoms with van der Waals surface area (Å²) in [6, 6.07) is 33.8. The molecule has 0 spiro atoms. The number of hydrogen-bond donors (Lipinski definition) is 0. The van der Waals surface area contributed by atoms with Crippen LogP contribution >= 0.6 is 0 Å². The minimum absolute atomic E-state index is 0.113. The molecule has 0 amide bonds. The van der Waals surface area contributed by atoms with Gasteiger partial charge in [-0.05, 0) is 107 Å². The second-order valence-corrected chi connectivity index (χ2v) is 19.7. The molecular weight excluding hydrogens is 761 g/mol. The van der Waals surface area contributed by atoms with Crippen molar-refractivity contribution >= 4 is 44.0 Å². The van der Waals surface area contributed by atoms with Crippen LogP contribution in [0.15, 0.2) is 221 Å². The molecule has 9 atom stereocenters. The molecule has 13 rings (SSSR count). The van der Waals surface area contributed by atoms with Crippen molar-refractivity contribution in [2.45, 2.75) is 56.9 Å². The van der Waals surface area contributed by atoms with Gasteiger partial charge in [-0.25, -0.2) is 0 Å². The quantitative estimate of drug-likeness (QED) is 0.157. The van der Waals surface area contributed by atoms with Crippen LogP contribution in [0.5, 0.6) is 0 Å².